The average molecular weight is 267 g/mol. The molecule has 18 heavy (non-hydrogen) atoms. The first-order valence-corrected chi connectivity index (χ1v) is 6.91. The summed E-state index contributed by atoms with van der Waals surface area (Å²) < 4.78 is 1.55. The molecule has 0 radical (unpaired) electrons. The Morgan fingerprint density at radius 1 is 1.50 bits per heavy atom. The van der Waals surface area contributed by atoms with Gasteiger partial charge in [-0.1, -0.05) is 6.92 Å². The van der Waals surface area contributed by atoms with Gasteiger partial charge in [-0.2, -0.15) is 0 Å². The van der Waals surface area contributed by atoms with Crippen molar-refractivity contribution in [2.24, 2.45) is 0 Å². The normalized spacial score (nSPS) is 11.5. The van der Waals surface area contributed by atoms with Crippen LogP contribution in [0.4, 0.5) is 0 Å². The lowest BCUT2D eigenvalue weighted by Crippen LogP contribution is -2.28. The fourth-order valence-corrected chi connectivity index (χ4v) is 2.66. The molecule has 0 aliphatic heterocycles. The largest absolute Gasteiger partial charge is 0.395 e. The molecule has 0 bridgehead atoms. The van der Waals surface area contributed by atoms with Crippen molar-refractivity contribution in [1.29, 1.82) is 0 Å². The van der Waals surface area contributed by atoms with Crippen LogP contribution in [0.3, 0.4) is 0 Å². The monoisotopic (exact) mass is 267 g/mol. The maximum atomic E-state index is 11.8. The number of rotatable bonds is 6. The molecule has 0 atom stereocenters. The number of aliphatic hydroxyl groups is 1. The lowest BCUT2D eigenvalue weighted by Gasteiger charge is -2.19. The van der Waals surface area contributed by atoms with Gasteiger partial charge in [-0.05, 0) is 13.0 Å². The summed E-state index contributed by atoms with van der Waals surface area (Å²) >= 11 is 1.45. The number of thiazole rings is 1. The van der Waals surface area contributed by atoms with Crippen LogP contribution in [-0.4, -0.2) is 39.1 Å². The van der Waals surface area contributed by atoms with Crippen LogP contribution in [0.15, 0.2) is 22.4 Å². The van der Waals surface area contributed by atoms with Gasteiger partial charge in [0.1, 0.15) is 0 Å². The quantitative estimate of drug-likeness (QED) is 0.847. The van der Waals surface area contributed by atoms with E-state index in [2.05, 4.69) is 16.8 Å². The second kappa shape index (κ2) is 6.08. The van der Waals surface area contributed by atoms with E-state index in [1.165, 1.54) is 11.3 Å². The van der Waals surface area contributed by atoms with Crippen molar-refractivity contribution in [2.75, 3.05) is 19.7 Å². The minimum atomic E-state index is -0.0447. The third-order valence-electron chi connectivity index (χ3n) is 2.70. The Morgan fingerprint density at radius 3 is 3.06 bits per heavy atom. The van der Waals surface area contributed by atoms with Crippen molar-refractivity contribution in [3.63, 3.8) is 0 Å². The molecule has 0 aliphatic carbocycles. The van der Waals surface area contributed by atoms with Crippen LogP contribution in [0.25, 0.3) is 4.96 Å². The average Bonchev–Trinajstić information content (AvgIpc) is 2.78. The standard InChI is InChI=1S/C12H17N3O2S/c1-2-3-14(4-6-16)9-10-8-11(17)15-5-7-18-12(15)13-10/h5,7-8,16H,2-4,6,9H2,1H3. The van der Waals surface area contributed by atoms with Crippen molar-refractivity contribution in [3.05, 3.63) is 33.7 Å². The summed E-state index contributed by atoms with van der Waals surface area (Å²) in [6.45, 7) is 4.33. The predicted octanol–water partition coefficient (Wildman–Crippen LogP) is 0.960. The molecule has 0 amide bonds. The zero-order valence-corrected chi connectivity index (χ0v) is 11.2. The molecule has 2 rings (SSSR count). The maximum Gasteiger partial charge on any atom is 0.258 e. The summed E-state index contributed by atoms with van der Waals surface area (Å²) in [5.41, 5.74) is 0.723. The van der Waals surface area contributed by atoms with Crippen LogP contribution >= 0.6 is 11.3 Å². The number of aliphatic hydroxyl groups excluding tert-OH is 1. The summed E-state index contributed by atoms with van der Waals surface area (Å²) in [7, 11) is 0. The van der Waals surface area contributed by atoms with Crippen LogP contribution in [0.2, 0.25) is 0 Å². The summed E-state index contributed by atoms with van der Waals surface area (Å²) in [6, 6.07) is 1.57. The Kier molecular flexibility index (Phi) is 4.46. The first kappa shape index (κ1) is 13.2. The fraction of sp³-hybridized carbons (Fsp3) is 0.500. The van der Waals surface area contributed by atoms with Gasteiger partial charge in [0.15, 0.2) is 4.96 Å². The molecule has 6 heteroatoms. The third-order valence-corrected chi connectivity index (χ3v) is 3.45. The Balaban J connectivity index is 2.21. The lowest BCUT2D eigenvalue weighted by atomic mass is 10.3. The molecule has 0 aromatic carbocycles. The first-order chi connectivity index (χ1) is 8.74. The molecule has 98 valence electrons. The highest BCUT2D eigenvalue weighted by Gasteiger charge is 2.08. The second-order valence-corrected chi connectivity index (χ2v) is 5.01. The smallest absolute Gasteiger partial charge is 0.258 e. The summed E-state index contributed by atoms with van der Waals surface area (Å²) in [5, 5.41) is 10.9. The molecule has 0 aliphatic rings. The molecule has 2 heterocycles. The molecule has 2 aromatic heterocycles. The molecule has 0 saturated heterocycles. The zero-order valence-electron chi connectivity index (χ0n) is 10.4. The zero-order chi connectivity index (χ0) is 13.0. The summed E-state index contributed by atoms with van der Waals surface area (Å²) in [5.74, 6) is 0. The minimum absolute atomic E-state index is 0.0447. The van der Waals surface area contributed by atoms with E-state index in [4.69, 9.17) is 5.11 Å². The van der Waals surface area contributed by atoms with E-state index in [1.54, 1.807) is 16.7 Å². The van der Waals surface area contributed by atoms with Crippen molar-refractivity contribution in [2.45, 2.75) is 19.9 Å². The van der Waals surface area contributed by atoms with Crippen molar-refractivity contribution < 1.29 is 5.11 Å². The number of nitrogens with zero attached hydrogens (tertiary/aromatic N) is 3. The van der Waals surface area contributed by atoms with E-state index in [-0.39, 0.29) is 12.2 Å². The first-order valence-electron chi connectivity index (χ1n) is 6.03. The van der Waals surface area contributed by atoms with Gasteiger partial charge in [-0.25, -0.2) is 4.98 Å². The topological polar surface area (TPSA) is 57.8 Å². The van der Waals surface area contributed by atoms with Gasteiger partial charge in [0.05, 0.1) is 12.3 Å². The van der Waals surface area contributed by atoms with E-state index in [0.717, 1.165) is 23.6 Å². The highest BCUT2D eigenvalue weighted by Crippen LogP contribution is 2.08. The third kappa shape index (κ3) is 2.95. The van der Waals surface area contributed by atoms with Gasteiger partial charge in [0.2, 0.25) is 0 Å². The lowest BCUT2D eigenvalue weighted by molar-refractivity contribution is 0.189. The number of hydrogen-bond acceptors (Lipinski definition) is 5. The summed E-state index contributed by atoms with van der Waals surface area (Å²) in [6.07, 6.45) is 2.75. The fourth-order valence-electron chi connectivity index (χ4n) is 1.93. The van der Waals surface area contributed by atoms with Gasteiger partial charge >= 0.3 is 0 Å². The van der Waals surface area contributed by atoms with E-state index in [0.29, 0.717) is 13.1 Å². The molecular formula is C12H17N3O2S. The van der Waals surface area contributed by atoms with Gasteiger partial charge < -0.3 is 5.11 Å². The molecule has 0 saturated carbocycles. The van der Waals surface area contributed by atoms with Crippen LogP contribution in [0, 0.1) is 0 Å². The highest BCUT2D eigenvalue weighted by molar-refractivity contribution is 7.15. The highest BCUT2D eigenvalue weighted by atomic mass is 32.1. The van der Waals surface area contributed by atoms with E-state index < -0.39 is 0 Å². The van der Waals surface area contributed by atoms with Gasteiger partial charge in [0.25, 0.3) is 5.56 Å². The molecule has 2 aromatic rings. The number of fused-ring (bicyclic) bond motifs is 1. The van der Waals surface area contributed by atoms with Crippen LogP contribution in [0.5, 0.6) is 0 Å². The van der Waals surface area contributed by atoms with E-state index in [1.807, 2.05) is 5.38 Å². The predicted molar refractivity (Wildman–Crippen MR) is 72.0 cm³/mol. The van der Waals surface area contributed by atoms with Gasteiger partial charge in [-0.15, -0.1) is 11.3 Å². The number of aromatic nitrogens is 2. The van der Waals surface area contributed by atoms with Crippen molar-refractivity contribution in [1.82, 2.24) is 14.3 Å². The van der Waals surface area contributed by atoms with E-state index >= 15 is 0 Å². The van der Waals surface area contributed by atoms with Gasteiger partial charge in [-0.3, -0.25) is 14.1 Å². The van der Waals surface area contributed by atoms with Gasteiger partial charge in [0, 0.05) is 30.7 Å². The molecule has 0 spiro atoms. The van der Waals surface area contributed by atoms with Crippen LogP contribution in [0.1, 0.15) is 19.0 Å². The van der Waals surface area contributed by atoms with Crippen LogP contribution in [-0.2, 0) is 6.54 Å². The second-order valence-electron chi connectivity index (χ2n) is 4.14. The Bertz CT molecular complexity index is 558. The Labute approximate surface area is 109 Å². The van der Waals surface area contributed by atoms with Crippen LogP contribution < -0.4 is 5.56 Å². The molecule has 5 nitrogen and oxygen atoms in total. The Morgan fingerprint density at radius 2 is 2.33 bits per heavy atom. The Hall–Kier alpha value is -1.24. The molecule has 1 N–H and O–H groups in total. The molecule has 0 fully saturated rings. The maximum absolute atomic E-state index is 11.8. The molecule has 0 unspecified atom stereocenters. The summed E-state index contributed by atoms with van der Waals surface area (Å²) in [4.78, 5) is 19.1. The van der Waals surface area contributed by atoms with Crippen molar-refractivity contribution in [3.8, 4) is 0 Å². The van der Waals surface area contributed by atoms with E-state index in [9.17, 15) is 4.79 Å². The van der Waals surface area contributed by atoms with Crippen molar-refractivity contribution >= 4 is 16.3 Å². The SMILES string of the molecule is CCCN(CCO)Cc1cc(=O)n2ccsc2n1. The molecular weight excluding hydrogens is 250 g/mol. The number of hydrogen-bond donors (Lipinski definition) is 1. The minimum Gasteiger partial charge on any atom is -0.395 e.